The van der Waals surface area contributed by atoms with Gasteiger partial charge in [-0.15, -0.1) is 0 Å². The number of carbonyl (C=O) groups excluding carboxylic acids is 3. The first-order chi connectivity index (χ1) is 28.6. The predicted octanol–water partition coefficient (Wildman–Crippen LogP) is -3.92. The molecule has 19 heteroatoms. The number of aliphatic hydroxyl groups is 13. The fourth-order valence-corrected chi connectivity index (χ4v) is 11.7. The summed E-state index contributed by atoms with van der Waals surface area (Å²) in [6.45, 7) is 4.76. The Labute approximate surface area is 357 Å². The van der Waals surface area contributed by atoms with Gasteiger partial charge < -0.3 is 81.9 Å². The van der Waals surface area contributed by atoms with Crippen molar-refractivity contribution >= 4 is 17.7 Å². The Morgan fingerprint density at radius 2 is 1.23 bits per heavy atom. The van der Waals surface area contributed by atoms with Crippen LogP contribution in [0.4, 0.5) is 0 Å². The summed E-state index contributed by atoms with van der Waals surface area (Å²) < 4.78 is 0. The molecule has 0 bridgehead atoms. The zero-order valence-electron chi connectivity index (χ0n) is 35.8. The fourth-order valence-electron chi connectivity index (χ4n) is 11.7. The topological polar surface area (TPSA) is 342 Å². The van der Waals surface area contributed by atoms with E-state index in [-0.39, 0.29) is 98.4 Å². The third-order valence-corrected chi connectivity index (χ3v) is 15.5. The number of aliphatic hydroxyl groups excluding tert-OH is 13. The third-order valence-electron chi connectivity index (χ3n) is 15.5. The van der Waals surface area contributed by atoms with E-state index in [0.29, 0.717) is 25.7 Å². The summed E-state index contributed by atoms with van der Waals surface area (Å²) in [5.41, 5.74) is -0.524. The number of nitrogens with one attached hydrogen (secondary N) is 2. The molecule has 0 unspecified atom stereocenters. The highest BCUT2D eigenvalue weighted by molar-refractivity contribution is 5.81. The molecule has 15 N–H and O–H groups in total. The van der Waals surface area contributed by atoms with Crippen LogP contribution in [0.1, 0.15) is 91.4 Å². The minimum atomic E-state index is -2.13. The van der Waals surface area contributed by atoms with Gasteiger partial charge in [-0.3, -0.25) is 14.4 Å². The van der Waals surface area contributed by atoms with Gasteiger partial charge >= 0.3 is 0 Å². The molecule has 0 radical (unpaired) electrons. The summed E-state index contributed by atoms with van der Waals surface area (Å²) in [5.74, 6) is -1.73. The van der Waals surface area contributed by atoms with Crippen LogP contribution >= 0.6 is 0 Å². The largest absolute Gasteiger partial charge is 0.394 e. The van der Waals surface area contributed by atoms with E-state index >= 15 is 0 Å². The van der Waals surface area contributed by atoms with Crippen LogP contribution in [-0.4, -0.2) is 196 Å². The highest BCUT2D eigenvalue weighted by atomic mass is 16.4. The van der Waals surface area contributed by atoms with Crippen molar-refractivity contribution in [1.29, 1.82) is 0 Å². The molecule has 0 heterocycles. The quantitative estimate of drug-likeness (QED) is 0.0462. The minimum absolute atomic E-state index is 0.0275. The van der Waals surface area contributed by atoms with Crippen molar-refractivity contribution in [3.63, 3.8) is 0 Å². The first kappa shape index (κ1) is 51.5. The molecule has 0 aromatic rings. The molecule has 0 aromatic heterocycles. The summed E-state index contributed by atoms with van der Waals surface area (Å²) in [6, 6.07) is 0. The summed E-state index contributed by atoms with van der Waals surface area (Å²) in [5, 5.41) is 136. The fraction of sp³-hybridized carbons (Fsp3) is 0.929. The molecule has 19 atom stereocenters. The Kier molecular flexibility index (Phi) is 18.7. The molecule has 0 aliphatic heterocycles. The maximum absolute atomic E-state index is 13.9. The second-order valence-corrected chi connectivity index (χ2v) is 19.1. The number of nitrogens with zero attached hydrogens (tertiary/aromatic N) is 1. The van der Waals surface area contributed by atoms with E-state index in [1.807, 2.05) is 0 Å². The average Bonchev–Trinajstić information content (AvgIpc) is 3.61. The lowest BCUT2D eigenvalue weighted by atomic mass is 9.43. The second kappa shape index (κ2) is 22.2. The molecule has 4 fully saturated rings. The standard InChI is InChI=1S/C42H75N3O16/c1-21(24-7-8-25-32-26(18-30(52)42(24,25)3)41(2)11-10-23(48)16-22(41)17-27(32)49)6-9-31(53)45(14-4-12-43-39(60)37(58)35(56)33(54)28(50)19-46)15-5-13-44-40(61)38(59)36(57)34(55)29(51)20-47/h21-30,32-38,46-52,54-59H,4-20H2,1-3H3,(H,43,60)(H,44,61)/t21-,22+,23+,24-,25+,26-,27+,28-,29+,30-,32-,33-,34+,35+,36-,37-,38+,41-,42+/m0/s1. The Balaban J connectivity index is 1.37. The molecule has 354 valence electrons. The molecule has 3 amide bonds. The lowest BCUT2D eigenvalue weighted by Gasteiger charge is -2.63. The third kappa shape index (κ3) is 11.4. The van der Waals surface area contributed by atoms with Crippen molar-refractivity contribution < 1.29 is 80.8 Å². The minimum Gasteiger partial charge on any atom is -0.394 e. The first-order valence-corrected chi connectivity index (χ1v) is 22.2. The molecule has 4 aliphatic carbocycles. The maximum Gasteiger partial charge on any atom is 0.251 e. The van der Waals surface area contributed by atoms with Crippen LogP contribution in [-0.2, 0) is 14.4 Å². The molecular formula is C42H75N3O16. The monoisotopic (exact) mass is 878 g/mol. The van der Waals surface area contributed by atoms with E-state index < -0.39 is 91.5 Å². The predicted molar refractivity (Wildman–Crippen MR) is 216 cm³/mol. The van der Waals surface area contributed by atoms with Crippen molar-refractivity contribution in [1.82, 2.24) is 15.5 Å². The van der Waals surface area contributed by atoms with E-state index in [4.69, 9.17) is 10.2 Å². The summed E-state index contributed by atoms with van der Waals surface area (Å²) in [4.78, 5) is 40.3. The van der Waals surface area contributed by atoms with Crippen molar-refractivity contribution in [2.45, 2.75) is 159 Å². The highest BCUT2D eigenvalue weighted by Gasteiger charge is 2.65. The van der Waals surface area contributed by atoms with Crippen molar-refractivity contribution in [2.75, 3.05) is 39.4 Å². The molecule has 0 aromatic carbocycles. The van der Waals surface area contributed by atoms with E-state index in [2.05, 4.69) is 31.4 Å². The zero-order valence-corrected chi connectivity index (χ0v) is 35.8. The molecule has 0 saturated heterocycles. The molecular weight excluding hydrogens is 802 g/mol. The van der Waals surface area contributed by atoms with Crippen LogP contribution in [0.3, 0.4) is 0 Å². The number of hydrogen-bond donors (Lipinski definition) is 15. The zero-order chi connectivity index (χ0) is 45.6. The van der Waals surface area contributed by atoms with Gasteiger partial charge in [0, 0.05) is 32.6 Å². The van der Waals surface area contributed by atoms with E-state index in [0.717, 1.165) is 25.7 Å². The van der Waals surface area contributed by atoms with Crippen LogP contribution < -0.4 is 10.6 Å². The van der Waals surface area contributed by atoms with Gasteiger partial charge in [0.25, 0.3) is 11.8 Å². The normalized spacial score (nSPS) is 35.5. The van der Waals surface area contributed by atoms with Gasteiger partial charge in [-0.2, -0.15) is 0 Å². The summed E-state index contributed by atoms with van der Waals surface area (Å²) >= 11 is 0. The molecule has 4 rings (SSSR count). The number of carbonyl (C=O) groups is 3. The molecule has 19 nitrogen and oxygen atoms in total. The lowest BCUT2D eigenvalue weighted by Crippen LogP contribution is -2.62. The SMILES string of the molecule is C[C@@H](CCC(=O)N(CCCNC(=O)[C@@H](O)[C@H](O)[C@@H](O)[C@@H](O)CO)CCCNC(=O)[C@H](O)[C@@H](O)[C@H](O)[C@H](O)CO)[C@@H]1CC[C@@H]2[C@@H]3[C@H](O)C[C@H]4C[C@H](O)CC[C@]4(C)[C@H]3C[C@H](O)[C@@]21C. The number of fused-ring (bicyclic) bond motifs is 5. The Bertz CT molecular complexity index is 1380. The molecule has 61 heavy (non-hydrogen) atoms. The van der Waals surface area contributed by atoms with Gasteiger partial charge in [-0.25, -0.2) is 0 Å². The van der Waals surface area contributed by atoms with Gasteiger partial charge in [0.15, 0.2) is 12.2 Å². The smallest absolute Gasteiger partial charge is 0.251 e. The van der Waals surface area contributed by atoms with E-state index in [9.17, 15) is 70.6 Å². The number of hydrogen-bond acceptors (Lipinski definition) is 16. The van der Waals surface area contributed by atoms with E-state index in [1.165, 1.54) is 4.90 Å². The molecule has 4 aliphatic rings. The van der Waals surface area contributed by atoms with Crippen molar-refractivity contribution in [3.8, 4) is 0 Å². The van der Waals surface area contributed by atoms with Crippen LogP contribution in [0.2, 0.25) is 0 Å². The van der Waals surface area contributed by atoms with Crippen molar-refractivity contribution in [2.24, 2.45) is 46.3 Å². The highest BCUT2D eigenvalue weighted by Crippen LogP contribution is 2.68. The molecule has 4 saturated carbocycles. The first-order valence-electron chi connectivity index (χ1n) is 22.2. The Morgan fingerprint density at radius 1 is 0.705 bits per heavy atom. The second-order valence-electron chi connectivity index (χ2n) is 19.1. The van der Waals surface area contributed by atoms with Crippen molar-refractivity contribution in [3.05, 3.63) is 0 Å². The Morgan fingerprint density at radius 3 is 1.74 bits per heavy atom. The van der Waals surface area contributed by atoms with Crippen LogP contribution in [0.15, 0.2) is 0 Å². The van der Waals surface area contributed by atoms with Gasteiger partial charge in [0.2, 0.25) is 5.91 Å². The number of rotatable bonds is 22. The van der Waals surface area contributed by atoms with Crippen LogP contribution in [0, 0.1) is 46.3 Å². The van der Waals surface area contributed by atoms with Crippen LogP contribution in [0.5, 0.6) is 0 Å². The van der Waals surface area contributed by atoms with E-state index in [1.54, 1.807) is 0 Å². The van der Waals surface area contributed by atoms with Gasteiger partial charge in [0.05, 0.1) is 31.5 Å². The number of amides is 3. The van der Waals surface area contributed by atoms with Gasteiger partial charge in [-0.1, -0.05) is 20.8 Å². The molecule has 0 spiro atoms. The maximum atomic E-state index is 13.9. The summed E-state index contributed by atoms with van der Waals surface area (Å²) in [6.07, 6.45) is -11.3. The lowest BCUT2D eigenvalue weighted by molar-refractivity contribution is -0.207. The Hall–Kier alpha value is -2.11. The summed E-state index contributed by atoms with van der Waals surface area (Å²) in [7, 11) is 0. The van der Waals surface area contributed by atoms with Gasteiger partial charge in [0.1, 0.15) is 36.6 Å². The average molecular weight is 878 g/mol. The van der Waals surface area contributed by atoms with Crippen LogP contribution in [0.25, 0.3) is 0 Å². The van der Waals surface area contributed by atoms with Gasteiger partial charge in [-0.05, 0) is 111 Å².